The predicted molar refractivity (Wildman–Crippen MR) is 122 cm³/mol. The molecule has 34 heavy (non-hydrogen) atoms. The van der Waals surface area contributed by atoms with Crippen LogP contribution < -0.4 is 11.2 Å². The van der Waals surface area contributed by atoms with E-state index >= 15 is 0 Å². The second kappa shape index (κ2) is 10.3. The van der Waals surface area contributed by atoms with Crippen LogP contribution in [0.1, 0.15) is 45.3 Å². The lowest BCUT2D eigenvalue weighted by atomic mass is 10.0. The van der Waals surface area contributed by atoms with E-state index in [0.717, 1.165) is 0 Å². The summed E-state index contributed by atoms with van der Waals surface area (Å²) in [6, 6.07) is 17.1. The third-order valence-electron chi connectivity index (χ3n) is 5.49. The van der Waals surface area contributed by atoms with Gasteiger partial charge in [-0.15, -0.1) is 0 Å². The molecule has 9 nitrogen and oxygen atoms in total. The van der Waals surface area contributed by atoms with Crippen molar-refractivity contribution in [3.8, 4) is 0 Å². The number of aromatic nitrogens is 2. The van der Waals surface area contributed by atoms with E-state index in [1.165, 1.54) is 10.8 Å². The van der Waals surface area contributed by atoms with Crippen LogP contribution in [0.5, 0.6) is 0 Å². The zero-order valence-electron chi connectivity index (χ0n) is 18.5. The number of aryl methyl sites for hydroxylation is 1. The van der Waals surface area contributed by atoms with Crippen molar-refractivity contribution < 1.29 is 23.8 Å². The predicted octanol–water partition coefficient (Wildman–Crippen LogP) is 2.61. The highest BCUT2D eigenvalue weighted by Crippen LogP contribution is 2.29. The van der Waals surface area contributed by atoms with Crippen LogP contribution in [-0.4, -0.2) is 40.3 Å². The SMILES string of the molecule is Cc1cn([C@@H]2C[C@H](OC(=O)c3ccccc3)C[C@@H](COC(=O)c3ccccc3)O2)c(=O)[nH]c1=O. The van der Waals surface area contributed by atoms with Crippen LogP contribution in [0, 0.1) is 6.92 Å². The number of benzene rings is 2. The van der Waals surface area contributed by atoms with Crippen molar-refractivity contribution in [1.29, 1.82) is 0 Å². The molecule has 1 aliphatic rings. The van der Waals surface area contributed by atoms with Gasteiger partial charge in [0.05, 0.1) is 17.2 Å². The largest absolute Gasteiger partial charge is 0.459 e. The average molecular weight is 464 g/mol. The lowest BCUT2D eigenvalue weighted by molar-refractivity contribution is -0.146. The zero-order valence-corrected chi connectivity index (χ0v) is 18.5. The summed E-state index contributed by atoms with van der Waals surface area (Å²) in [5.41, 5.74) is -0.00387. The highest BCUT2D eigenvalue weighted by atomic mass is 16.6. The lowest BCUT2D eigenvalue weighted by Crippen LogP contribution is -2.43. The molecule has 2 aromatic carbocycles. The molecule has 1 N–H and O–H groups in total. The van der Waals surface area contributed by atoms with Gasteiger partial charge in [-0.25, -0.2) is 14.4 Å². The quantitative estimate of drug-likeness (QED) is 0.558. The molecule has 1 fully saturated rings. The minimum Gasteiger partial charge on any atom is -0.459 e. The fourth-order valence-electron chi connectivity index (χ4n) is 3.75. The summed E-state index contributed by atoms with van der Waals surface area (Å²) < 4.78 is 18.4. The molecule has 0 unspecified atom stereocenters. The van der Waals surface area contributed by atoms with Crippen LogP contribution in [0.2, 0.25) is 0 Å². The second-order valence-electron chi connectivity index (χ2n) is 8.02. The molecule has 0 radical (unpaired) electrons. The number of H-pyrrole nitrogens is 1. The number of nitrogens with zero attached hydrogens (tertiary/aromatic N) is 1. The Bertz CT molecular complexity index is 1270. The van der Waals surface area contributed by atoms with Gasteiger partial charge in [-0.3, -0.25) is 14.3 Å². The Hall–Kier alpha value is -3.98. The third-order valence-corrected chi connectivity index (χ3v) is 5.49. The number of carbonyl (C=O) groups excluding carboxylic acids is 2. The van der Waals surface area contributed by atoms with Gasteiger partial charge in [0.15, 0.2) is 0 Å². The van der Waals surface area contributed by atoms with Crippen molar-refractivity contribution in [3.63, 3.8) is 0 Å². The first-order chi connectivity index (χ1) is 16.4. The topological polar surface area (TPSA) is 117 Å². The molecule has 1 saturated heterocycles. The van der Waals surface area contributed by atoms with Gasteiger partial charge in [-0.1, -0.05) is 36.4 Å². The van der Waals surface area contributed by atoms with Gasteiger partial charge in [-0.2, -0.15) is 0 Å². The van der Waals surface area contributed by atoms with Gasteiger partial charge in [0.25, 0.3) is 5.56 Å². The van der Waals surface area contributed by atoms with Crippen LogP contribution in [0.25, 0.3) is 0 Å². The molecule has 1 aromatic heterocycles. The van der Waals surface area contributed by atoms with Crippen molar-refractivity contribution in [1.82, 2.24) is 9.55 Å². The molecule has 176 valence electrons. The highest BCUT2D eigenvalue weighted by molar-refractivity contribution is 5.89. The summed E-state index contributed by atoms with van der Waals surface area (Å²) in [6.45, 7) is 1.48. The van der Waals surface area contributed by atoms with Crippen LogP contribution in [0.4, 0.5) is 0 Å². The van der Waals surface area contributed by atoms with Crippen molar-refractivity contribution in [2.75, 3.05) is 6.61 Å². The van der Waals surface area contributed by atoms with Gasteiger partial charge < -0.3 is 14.2 Å². The van der Waals surface area contributed by atoms with Crippen LogP contribution >= 0.6 is 0 Å². The summed E-state index contributed by atoms with van der Waals surface area (Å²) in [5.74, 6) is -1.02. The van der Waals surface area contributed by atoms with Crippen molar-refractivity contribution >= 4 is 11.9 Å². The van der Waals surface area contributed by atoms with E-state index in [-0.39, 0.29) is 19.4 Å². The fraction of sp³-hybridized carbons (Fsp3) is 0.280. The maximum absolute atomic E-state index is 12.6. The first-order valence-corrected chi connectivity index (χ1v) is 10.9. The summed E-state index contributed by atoms with van der Waals surface area (Å²) in [4.78, 5) is 51.4. The maximum Gasteiger partial charge on any atom is 0.338 e. The molecule has 3 atom stereocenters. The van der Waals surface area contributed by atoms with E-state index in [9.17, 15) is 19.2 Å². The minimum atomic E-state index is -0.828. The Morgan fingerprint density at radius 3 is 2.24 bits per heavy atom. The Kier molecular flexibility index (Phi) is 7.03. The van der Waals surface area contributed by atoms with Gasteiger partial charge in [0, 0.05) is 24.6 Å². The van der Waals surface area contributed by atoms with Crippen molar-refractivity contribution in [2.45, 2.75) is 38.2 Å². The number of aromatic amines is 1. The van der Waals surface area contributed by atoms with E-state index < -0.39 is 41.6 Å². The molecule has 1 aliphatic heterocycles. The van der Waals surface area contributed by atoms with Gasteiger partial charge >= 0.3 is 17.6 Å². The van der Waals surface area contributed by atoms with Gasteiger partial charge in [0.1, 0.15) is 18.9 Å². The fourth-order valence-corrected chi connectivity index (χ4v) is 3.75. The Morgan fingerprint density at radius 1 is 0.971 bits per heavy atom. The summed E-state index contributed by atoms with van der Waals surface area (Å²) in [5, 5.41) is 0. The van der Waals surface area contributed by atoms with Crippen molar-refractivity contribution in [2.24, 2.45) is 0 Å². The van der Waals surface area contributed by atoms with E-state index in [1.807, 2.05) is 0 Å². The number of hydrogen-bond donors (Lipinski definition) is 1. The van der Waals surface area contributed by atoms with E-state index in [1.54, 1.807) is 67.6 Å². The van der Waals surface area contributed by atoms with Crippen LogP contribution in [0.3, 0.4) is 0 Å². The molecule has 0 aliphatic carbocycles. The number of esters is 2. The average Bonchev–Trinajstić information content (AvgIpc) is 2.85. The molecule has 0 bridgehead atoms. The molecule has 2 heterocycles. The molecular weight excluding hydrogens is 440 g/mol. The zero-order chi connectivity index (χ0) is 24.1. The number of carbonyl (C=O) groups is 2. The van der Waals surface area contributed by atoms with Gasteiger partial charge in [-0.05, 0) is 31.2 Å². The molecule has 9 heteroatoms. The standard InChI is InChI=1S/C25H24N2O7/c1-16-14-27(25(31)26-22(16)28)21-13-19(34-24(30)18-10-6-3-7-11-18)12-20(33-21)15-32-23(29)17-8-4-2-5-9-17/h2-11,14,19-21H,12-13,15H2,1H3,(H,26,28,31)/t19-,20+,21+/m1/s1. The minimum absolute atomic E-state index is 0.0965. The van der Waals surface area contributed by atoms with Crippen LogP contribution in [-0.2, 0) is 14.2 Å². The number of rotatable bonds is 6. The first-order valence-electron chi connectivity index (χ1n) is 10.9. The molecule has 0 amide bonds. The molecule has 4 rings (SSSR count). The van der Waals surface area contributed by atoms with Gasteiger partial charge in [0.2, 0.25) is 0 Å². The normalized spacial score (nSPS) is 19.9. The molecule has 0 spiro atoms. The Morgan fingerprint density at radius 2 is 1.59 bits per heavy atom. The number of ether oxygens (including phenoxy) is 3. The van der Waals surface area contributed by atoms with Crippen molar-refractivity contribution in [3.05, 3.63) is 104 Å². The molecule has 3 aromatic rings. The monoisotopic (exact) mass is 464 g/mol. The molecular formula is C25H24N2O7. The summed E-state index contributed by atoms with van der Waals surface area (Å²) in [6.07, 6.45) is -0.211. The Labute approximate surface area is 194 Å². The summed E-state index contributed by atoms with van der Waals surface area (Å²) >= 11 is 0. The second-order valence-corrected chi connectivity index (χ2v) is 8.02. The van der Waals surface area contributed by atoms with Crippen LogP contribution in [0.15, 0.2) is 76.4 Å². The first kappa shape index (κ1) is 23.2. The lowest BCUT2D eigenvalue weighted by Gasteiger charge is -2.35. The Balaban J connectivity index is 1.52. The number of nitrogens with one attached hydrogen (secondary N) is 1. The molecule has 0 saturated carbocycles. The van der Waals surface area contributed by atoms with E-state index in [4.69, 9.17) is 14.2 Å². The highest BCUT2D eigenvalue weighted by Gasteiger charge is 2.34. The number of hydrogen-bond acceptors (Lipinski definition) is 7. The smallest absolute Gasteiger partial charge is 0.338 e. The third kappa shape index (κ3) is 5.49. The maximum atomic E-state index is 12.6. The summed E-state index contributed by atoms with van der Waals surface area (Å²) in [7, 11) is 0. The van der Waals surface area contributed by atoms with E-state index in [0.29, 0.717) is 16.7 Å². The van der Waals surface area contributed by atoms with E-state index in [2.05, 4.69) is 4.98 Å².